The number of nitrogens with two attached hydrogens (primary N) is 2. The van der Waals surface area contributed by atoms with Crippen LogP contribution in [-0.2, 0) is 4.84 Å². The van der Waals surface area contributed by atoms with E-state index in [4.69, 9.17) is 5.48 Å². The molecular weight excluding hydrogens is 68.0 g/mol. The van der Waals surface area contributed by atoms with Gasteiger partial charge in [-0.25, -0.2) is 5.90 Å². The first kappa shape index (κ1) is 1.18. The molecule has 0 unspecified atom stereocenters. The Balaban J connectivity index is 4.14. The highest BCUT2D eigenvalue weighted by molar-refractivity contribution is 4.21. The minimum atomic E-state index is -2.63. The van der Waals surface area contributed by atoms with Gasteiger partial charge in [0.05, 0.1) is 9.30 Å². The van der Waals surface area contributed by atoms with Crippen LogP contribution in [0.1, 0.15) is 5.48 Å². The smallest absolute Gasteiger partial charge is 0.0801 e. The summed E-state index contributed by atoms with van der Waals surface area (Å²) >= 11 is 0. The Kier molecular flexibility index (Phi) is 0.918. The maximum atomic E-state index is 6.65. The predicted molar refractivity (Wildman–Crippen MR) is 19.2 cm³/mol. The van der Waals surface area contributed by atoms with Gasteiger partial charge in [-0.1, -0.05) is 0 Å². The topological polar surface area (TPSA) is 61.3 Å². The molecule has 0 heterocycles. The number of rotatable bonds is 2. The van der Waals surface area contributed by atoms with Crippen molar-refractivity contribution < 1.29 is 10.3 Å². The van der Waals surface area contributed by atoms with Crippen LogP contribution in [0.25, 0.3) is 0 Å². The van der Waals surface area contributed by atoms with E-state index >= 15 is 0 Å². The second-order valence-corrected chi connectivity index (χ2v) is 0.364. The highest BCUT2D eigenvalue weighted by Crippen LogP contribution is 1.47. The Morgan fingerprint density at radius 2 is 2.60 bits per heavy atom. The molecule has 0 aliphatic rings. The lowest BCUT2D eigenvalue weighted by Gasteiger charge is -1.84. The second kappa shape index (κ2) is 3.88. The van der Waals surface area contributed by atoms with Crippen molar-refractivity contribution in [1.29, 1.82) is 0 Å². The van der Waals surface area contributed by atoms with Gasteiger partial charge in [-0.15, -0.1) is 0 Å². The summed E-state index contributed by atoms with van der Waals surface area (Å²) in [5, 5.41) is 0. The molecule has 0 amide bonds. The Morgan fingerprint density at radius 3 is 2.60 bits per heavy atom. The molecule has 0 aliphatic heterocycles. The zero-order valence-corrected chi connectivity index (χ0v) is 2.56. The van der Waals surface area contributed by atoms with Crippen molar-refractivity contribution in [1.82, 2.24) is 0 Å². The van der Waals surface area contributed by atoms with Gasteiger partial charge >= 0.3 is 0 Å². The molecule has 3 nitrogen and oxygen atoms in total. The first-order valence-corrected chi connectivity index (χ1v) is 0.979. The van der Waals surface area contributed by atoms with Crippen LogP contribution in [0, 0.1) is 0 Å². The van der Waals surface area contributed by atoms with E-state index in [1.54, 1.807) is 0 Å². The normalized spacial score (nSPS) is 26.0. The number of hydrogen-bond donors (Lipinski definition) is 2. The average molecular weight is 80.1 g/mol. The van der Waals surface area contributed by atoms with E-state index in [1.807, 2.05) is 0 Å². The molecule has 0 aromatic rings. The van der Waals surface area contributed by atoms with Crippen molar-refractivity contribution >= 4 is 0 Å². The monoisotopic (exact) mass is 80.1 g/mol. The van der Waals surface area contributed by atoms with Crippen LogP contribution >= 0.6 is 0 Å². The van der Waals surface area contributed by atoms with Crippen LogP contribution in [-0.4, -0.2) is 13.1 Å². The van der Waals surface area contributed by atoms with E-state index in [2.05, 4.69) is 16.5 Å². The van der Waals surface area contributed by atoms with Crippen LogP contribution in [0.4, 0.5) is 0 Å². The van der Waals surface area contributed by atoms with Gasteiger partial charge in [-0.3, -0.25) is 0 Å². The fourth-order valence-electron chi connectivity index (χ4n) is 0.0340. The van der Waals surface area contributed by atoms with Crippen molar-refractivity contribution in [2.45, 2.75) is 0 Å². The summed E-state index contributed by atoms with van der Waals surface area (Å²) < 4.78 is 26.5. The molecule has 3 heteroatoms. The summed E-state index contributed by atoms with van der Waals surface area (Å²) in [6.45, 7) is -5.20. The summed E-state index contributed by atoms with van der Waals surface area (Å²) in [4.78, 5) is 3.64. The average Bonchev–Trinajstić information content (AvgIpc) is 1.64. The van der Waals surface area contributed by atoms with E-state index in [1.165, 1.54) is 0 Å². The summed E-state index contributed by atoms with van der Waals surface area (Å²) in [6.07, 6.45) is 0. The molecule has 0 atom stereocenters. The van der Waals surface area contributed by atoms with Crippen molar-refractivity contribution in [3.8, 4) is 0 Å². The van der Waals surface area contributed by atoms with Crippen molar-refractivity contribution in [3.05, 3.63) is 0 Å². The maximum Gasteiger partial charge on any atom is 0.0801 e. The highest BCUT2D eigenvalue weighted by atomic mass is 16.6. The predicted octanol–water partition coefficient (Wildman–Crippen LogP) is -1.16. The first-order chi connectivity index (χ1) is 3.81. The van der Waals surface area contributed by atoms with Crippen molar-refractivity contribution in [3.63, 3.8) is 0 Å². The molecule has 0 fully saturated rings. The minimum Gasteiger partial charge on any atom is -0.328 e. The van der Waals surface area contributed by atoms with Gasteiger partial charge in [0.25, 0.3) is 0 Å². The van der Waals surface area contributed by atoms with E-state index in [9.17, 15) is 0 Å². The molecule has 0 rings (SSSR count). The molecule has 0 aliphatic carbocycles. The summed E-state index contributed by atoms with van der Waals surface area (Å²) in [6, 6.07) is 0. The second-order valence-electron chi connectivity index (χ2n) is 0.364. The van der Waals surface area contributed by atoms with Crippen LogP contribution in [0.2, 0.25) is 0 Å². The molecule has 0 saturated carbocycles. The zero-order chi connectivity index (χ0) is 7.71. The SMILES string of the molecule is [2H]C([2H])(N)C([2H])([2H])ON. The van der Waals surface area contributed by atoms with E-state index in [0.29, 0.717) is 0 Å². The summed E-state index contributed by atoms with van der Waals surface area (Å²) in [7, 11) is 0. The van der Waals surface area contributed by atoms with E-state index < -0.39 is 13.1 Å². The summed E-state index contributed by atoms with van der Waals surface area (Å²) in [5.74, 6) is 4.40. The highest BCUT2D eigenvalue weighted by Gasteiger charge is 1.66. The minimum absolute atomic E-state index is 2.57. The molecule has 0 spiro atoms. The van der Waals surface area contributed by atoms with Gasteiger partial charge in [0.1, 0.15) is 0 Å². The molecule has 0 saturated heterocycles. The molecule has 0 bridgehead atoms. The van der Waals surface area contributed by atoms with Crippen LogP contribution in [0.3, 0.4) is 0 Å². The van der Waals surface area contributed by atoms with Crippen molar-refractivity contribution in [2.75, 3.05) is 13.1 Å². The third-order valence-electron chi connectivity index (χ3n) is 0.118. The van der Waals surface area contributed by atoms with Gasteiger partial charge in [0.15, 0.2) is 0 Å². The Morgan fingerprint density at radius 1 is 2.00 bits per heavy atom. The molecule has 4 N–H and O–H groups in total. The largest absolute Gasteiger partial charge is 0.328 e. The molecule has 0 radical (unpaired) electrons. The summed E-state index contributed by atoms with van der Waals surface area (Å²) in [5.41, 5.74) is 4.68. The molecular formula is C2H8N2O. The standard InChI is InChI=1S/C2H8N2O/c3-1-2-5-4/h1-4H2/i1D2,2D2. The van der Waals surface area contributed by atoms with Gasteiger partial charge in [-0.05, 0) is 0 Å². The Hall–Kier alpha value is -0.120. The number of hydrogen-bond acceptors (Lipinski definition) is 3. The quantitative estimate of drug-likeness (QED) is 0.411. The Labute approximate surface area is 36.5 Å². The first-order valence-electron chi connectivity index (χ1n) is 2.98. The molecule has 0 aromatic heterocycles. The molecule has 0 aromatic carbocycles. The molecule has 5 heavy (non-hydrogen) atoms. The molecule has 32 valence electrons. The van der Waals surface area contributed by atoms with E-state index in [-0.39, 0.29) is 0 Å². The van der Waals surface area contributed by atoms with Gasteiger partial charge in [0.2, 0.25) is 0 Å². The van der Waals surface area contributed by atoms with Crippen LogP contribution in [0.15, 0.2) is 0 Å². The lowest BCUT2D eigenvalue weighted by Crippen LogP contribution is -2.11. The lowest BCUT2D eigenvalue weighted by molar-refractivity contribution is 0.146. The maximum absolute atomic E-state index is 6.65. The van der Waals surface area contributed by atoms with Crippen molar-refractivity contribution in [2.24, 2.45) is 11.6 Å². The lowest BCUT2D eigenvalue weighted by atomic mass is 10.8. The van der Waals surface area contributed by atoms with Crippen LogP contribution < -0.4 is 11.6 Å². The fourth-order valence-corrected chi connectivity index (χ4v) is 0.0340. The van der Waals surface area contributed by atoms with E-state index in [0.717, 1.165) is 0 Å². The fraction of sp³-hybridized carbons (Fsp3) is 1.00. The zero-order valence-electron chi connectivity index (χ0n) is 6.56. The van der Waals surface area contributed by atoms with Gasteiger partial charge in [-0.2, -0.15) is 0 Å². The third kappa shape index (κ3) is 3.88. The van der Waals surface area contributed by atoms with Gasteiger partial charge in [0, 0.05) is 9.24 Å². The Bertz CT molecular complexity index is 99.2. The van der Waals surface area contributed by atoms with Crippen LogP contribution in [0.5, 0.6) is 0 Å². The third-order valence-corrected chi connectivity index (χ3v) is 0.118. The van der Waals surface area contributed by atoms with Gasteiger partial charge < -0.3 is 10.6 Å².